The normalized spacial score (nSPS) is 16.5. The second kappa shape index (κ2) is 6.26. The van der Waals surface area contributed by atoms with Crippen LogP contribution in [0.15, 0.2) is 36.4 Å². The van der Waals surface area contributed by atoms with E-state index in [1.54, 1.807) is 26.4 Å². The smallest absolute Gasteiger partial charge is 0.269 e. The molecule has 6 heteroatoms. The number of hydrogen-bond donors (Lipinski definition) is 1. The van der Waals surface area contributed by atoms with E-state index in [2.05, 4.69) is 5.32 Å². The van der Waals surface area contributed by atoms with Crippen molar-refractivity contribution >= 4 is 5.69 Å². The molecule has 0 radical (unpaired) electrons. The molecule has 0 saturated heterocycles. The fraction of sp³-hybridized carbons (Fsp3) is 0.294. The second-order valence-electron chi connectivity index (χ2n) is 5.51. The molecule has 1 heterocycles. The summed E-state index contributed by atoms with van der Waals surface area (Å²) < 4.78 is 10.8. The summed E-state index contributed by atoms with van der Waals surface area (Å²) in [6.45, 7) is 0.926. The van der Waals surface area contributed by atoms with Crippen LogP contribution in [0.5, 0.6) is 11.5 Å². The molecule has 0 fully saturated rings. The van der Waals surface area contributed by atoms with E-state index in [-0.39, 0.29) is 16.7 Å². The van der Waals surface area contributed by atoms with Crippen molar-refractivity contribution in [3.05, 3.63) is 63.2 Å². The predicted octanol–water partition coefficient (Wildman–Crippen LogP) is 1.82. The van der Waals surface area contributed by atoms with Gasteiger partial charge in [0.1, 0.15) is 6.04 Å². The van der Waals surface area contributed by atoms with Gasteiger partial charge in [-0.3, -0.25) is 10.1 Å². The lowest BCUT2D eigenvalue weighted by Gasteiger charge is -2.25. The number of non-ortho nitro benzene ring substituents is 1. The van der Waals surface area contributed by atoms with Crippen LogP contribution in [0.2, 0.25) is 0 Å². The fourth-order valence-corrected chi connectivity index (χ4v) is 3.12. The number of fused-ring (bicyclic) bond motifs is 1. The lowest BCUT2D eigenvalue weighted by molar-refractivity contribution is -0.690. The Morgan fingerprint density at radius 2 is 1.91 bits per heavy atom. The molecule has 0 bridgehead atoms. The van der Waals surface area contributed by atoms with E-state index in [0.717, 1.165) is 24.1 Å². The molecule has 2 aromatic carbocycles. The molecule has 23 heavy (non-hydrogen) atoms. The summed E-state index contributed by atoms with van der Waals surface area (Å²) >= 11 is 0. The van der Waals surface area contributed by atoms with Gasteiger partial charge in [0.2, 0.25) is 0 Å². The Hall–Kier alpha value is -2.60. The van der Waals surface area contributed by atoms with Gasteiger partial charge in [-0.15, -0.1) is 0 Å². The van der Waals surface area contributed by atoms with E-state index in [4.69, 9.17) is 9.47 Å². The van der Waals surface area contributed by atoms with E-state index >= 15 is 0 Å². The average molecular weight is 315 g/mol. The number of nitro benzene ring substituents is 1. The number of quaternary nitrogens is 1. The molecule has 0 saturated carbocycles. The number of ether oxygens (including phenoxy) is 2. The zero-order chi connectivity index (χ0) is 16.4. The first-order valence-electron chi connectivity index (χ1n) is 7.46. The second-order valence-corrected chi connectivity index (χ2v) is 5.51. The van der Waals surface area contributed by atoms with Crippen molar-refractivity contribution in [3.63, 3.8) is 0 Å². The summed E-state index contributed by atoms with van der Waals surface area (Å²) in [6.07, 6.45) is 0.932. The molecule has 1 atom stereocenters. The van der Waals surface area contributed by atoms with Crippen molar-refractivity contribution < 1.29 is 19.7 Å². The highest BCUT2D eigenvalue weighted by Gasteiger charge is 2.28. The first-order chi connectivity index (χ1) is 11.1. The minimum absolute atomic E-state index is 0.0263. The van der Waals surface area contributed by atoms with Gasteiger partial charge < -0.3 is 14.8 Å². The molecular weight excluding hydrogens is 296 g/mol. The molecule has 0 amide bonds. The molecule has 2 N–H and O–H groups in total. The number of methoxy groups -OCH3 is 2. The van der Waals surface area contributed by atoms with Crippen LogP contribution < -0.4 is 14.8 Å². The van der Waals surface area contributed by atoms with Crippen molar-refractivity contribution in [2.24, 2.45) is 0 Å². The topological polar surface area (TPSA) is 78.2 Å². The highest BCUT2D eigenvalue weighted by atomic mass is 16.6. The molecule has 1 unspecified atom stereocenters. The maximum Gasteiger partial charge on any atom is 0.269 e. The van der Waals surface area contributed by atoms with Gasteiger partial charge in [-0.2, -0.15) is 0 Å². The lowest BCUT2D eigenvalue weighted by atomic mass is 9.89. The number of benzene rings is 2. The van der Waals surface area contributed by atoms with Crippen LogP contribution in [-0.4, -0.2) is 25.7 Å². The third-order valence-corrected chi connectivity index (χ3v) is 4.24. The van der Waals surface area contributed by atoms with Gasteiger partial charge in [0.15, 0.2) is 11.5 Å². The Balaban J connectivity index is 2.07. The Labute approximate surface area is 134 Å². The van der Waals surface area contributed by atoms with Crippen LogP contribution in [0.3, 0.4) is 0 Å². The number of nitrogens with zero attached hydrogens (tertiary/aromatic N) is 1. The van der Waals surface area contributed by atoms with E-state index < -0.39 is 0 Å². The van der Waals surface area contributed by atoms with Gasteiger partial charge in [-0.25, -0.2) is 0 Å². The van der Waals surface area contributed by atoms with Crippen LogP contribution >= 0.6 is 0 Å². The lowest BCUT2D eigenvalue weighted by Crippen LogP contribution is -2.87. The molecule has 6 nitrogen and oxygen atoms in total. The standard InChI is InChI=1S/C17H18N2O4/c1-22-15-9-11-6-7-18-17(14(11)10-16(15)23-2)12-4-3-5-13(8-12)19(20)21/h3-5,8-10,17-18H,6-7H2,1-2H3/p+1. The van der Waals surface area contributed by atoms with Crippen molar-refractivity contribution in [3.8, 4) is 11.5 Å². The quantitative estimate of drug-likeness (QED) is 0.689. The zero-order valence-corrected chi connectivity index (χ0v) is 13.1. The highest BCUT2D eigenvalue weighted by Crippen LogP contribution is 2.35. The van der Waals surface area contributed by atoms with Gasteiger partial charge in [0.25, 0.3) is 5.69 Å². The molecule has 0 spiro atoms. The van der Waals surface area contributed by atoms with Gasteiger partial charge in [-0.1, -0.05) is 12.1 Å². The Morgan fingerprint density at radius 3 is 2.61 bits per heavy atom. The summed E-state index contributed by atoms with van der Waals surface area (Å²) in [5.74, 6) is 1.39. The predicted molar refractivity (Wildman–Crippen MR) is 85.0 cm³/mol. The van der Waals surface area contributed by atoms with E-state index in [0.29, 0.717) is 11.5 Å². The average Bonchev–Trinajstić information content (AvgIpc) is 2.59. The van der Waals surface area contributed by atoms with Crippen LogP contribution in [0.4, 0.5) is 5.69 Å². The minimum atomic E-state index is -0.359. The molecule has 2 aromatic rings. The van der Waals surface area contributed by atoms with Crippen LogP contribution in [0, 0.1) is 10.1 Å². The third-order valence-electron chi connectivity index (χ3n) is 4.24. The van der Waals surface area contributed by atoms with E-state index in [1.807, 2.05) is 18.2 Å². The molecule has 0 aromatic heterocycles. The molecule has 120 valence electrons. The minimum Gasteiger partial charge on any atom is -0.493 e. The number of rotatable bonds is 4. The van der Waals surface area contributed by atoms with E-state index in [1.165, 1.54) is 11.6 Å². The highest BCUT2D eigenvalue weighted by molar-refractivity contribution is 5.51. The maximum atomic E-state index is 11.0. The number of nitro groups is 1. The van der Waals surface area contributed by atoms with Crippen LogP contribution in [0.25, 0.3) is 0 Å². The summed E-state index contributed by atoms with van der Waals surface area (Å²) in [5.41, 5.74) is 3.35. The molecule has 0 aliphatic carbocycles. The van der Waals surface area contributed by atoms with Gasteiger partial charge in [0, 0.05) is 29.7 Å². The monoisotopic (exact) mass is 315 g/mol. The summed E-state index contributed by atoms with van der Waals surface area (Å²) in [4.78, 5) is 10.7. The Morgan fingerprint density at radius 1 is 1.17 bits per heavy atom. The summed E-state index contributed by atoms with van der Waals surface area (Å²) in [7, 11) is 3.23. The molecule has 1 aliphatic rings. The summed E-state index contributed by atoms with van der Waals surface area (Å²) in [6, 6.07) is 10.8. The third kappa shape index (κ3) is 2.85. The fourth-order valence-electron chi connectivity index (χ4n) is 3.12. The van der Waals surface area contributed by atoms with Crippen molar-refractivity contribution in [2.45, 2.75) is 12.5 Å². The molecule has 1 aliphatic heterocycles. The Kier molecular flexibility index (Phi) is 4.16. The number of hydrogen-bond acceptors (Lipinski definition) is 4. The first kappa shape index (κ1) is 15.3. The zero-order valence-electron chi connectivity index (χ0n) is 13.1. The van der Waals surface area contributed by atoms with Gasteiger partial charge >= 0.3 is 0 Å². The Bertz CT molecular complexity index is 745. The maximum absolute atomic E-state index is 11.0. The largest absolute Gasteiger partial charge is 0.493 e. The van der Waals surface area contributed by atoms with E-state index in [9.17, 15) is 10.1 Å². The molecule has 3 rings (SSSR count). The first-order valence-corrected chi connectivity index (χ1v) is 7.46. The SMILES string of the molecule is COc1cc2c(cc1OC)C(c1cccc([N+](=O)[O-])c1)[NH2+]CC2. The number of nitrogens with two attached hydrogens (primary N) is 1. The van der Waals surface area contributed by atoms with Gasteiger partial charge in [0.05, 0.1) is 25.7 Å². The van der Waals surface area contributed by atoms with Crippen molar-refractivity contribution in [2.75, 3.05) is 20.8 Å². The van der Waals surface area contributed by atoms with Crippen molar-refractivity contribution in [1.82, 2.24) is 0 Å². The molecular formula is C17H19N2O4+. The van der Waals surface area contributed by atoms with Crippen LogP contribution in [0.1, 0.15) is 22.7 Å². The van der Waals surface area contributed by atoms with Crippen LogP contribution in [-0.2, 0) is 6.42 Å². The summed E-state index contributed by atoms with van der Waals surface area (Å²) in [5, 5.41) is 13.2. The van der Waals surface area contributed by atoms with Crippen molar-refractivity contribution in [1.29, 1.82) is 0 Å². The van der Waals surface area contributed by atoms with Gasteiger partial charge in [-0.05, 0) is 17.7 Å².